The predicted octanol–water partition coefficient (Wildman–Crippen LogP) is 2.40. The third-order valence-electron chi connectivity index (χ3n) is 3.85. The van der Waals surface area contributed by atoms with Crippen LogP contribution in [0.4, 0.5) is 4.79 Å². The third kappa shape index (κ3) is 4.91. The Morgan fingerprint density at radius 3 is 2.25 bits per heavy atom. The van der Waals surface area contributed by atoms with Crippen LogP contribution in [0.3, 0.4) is 0 Å². The summed E-state index contributed by atoms with van der Waals surface area (Å²) in [7, 11) is 0. The van der Waals surface area contributed by atoms with Crippen LogP contribution in [-0.2, 0) is 4.79 Å². The zero-order valence-electron chi connectivity index (χ0n) is 13.4. The quantitative estimate of drug-likeness (QED) is 0.706. The summed E-state index contributed by atoms with van der Waals surface area (Å²) in [6, 6.07) is 16.1. The number of primary amides is 1. The van der Waals surface area contributed by atoms with Gasteiger partial charge in [0.15, 0.2) is 6.04 Å². The summed E-state index contributed by atoms with van der Waals surface area (Å²) in [5.74, 6) is -0.413. The van der Waals surface area contributed by atoms with E-state index < -0.39 is 18.0 Å². The lowest BCUT2D eigenvalue weighted by molar-refractivity contribution is -0.722. The van der Waals surface area contributed by atoms with Crippen molar-refractivity contribution in [1.82, 2.24) is 5.32 Å². The first-order valence-corrected chi connectivity index (χ1v) is 8.56. The molecule has 2 atom stereocenters. The molecule has 0 aliphatic rings. The summed E-state index contributed by atoms with van der Waals surface area (Å²) in [4.78, 5) is 23.5. The van der Waals surface area contributed by atoms with Crippen molar-refractivity contribution in [2.45, 2.75) is 25.4 Å². The van der Waals surface area contributed by atoms with Gasteiger partial charge in [0.25, 0.3) is 5.91 Å². The second-order valence-corrected chi connectivity index (χ2v) is 6.42. The van der Waals surface area contributed by atoms with E-state index in [4.69, 9.17) is 5.73 Å². The van der Waals surface area contributed by atoms with Gasteiger partial charge in [-0.2, -0.15) is 0 Å². The SMILES string of the molecule is CC[C@@H]([NH2+][C@@H](C(=O)NC(N)=O)c1ccccc1)c1ccc(Br)cc1. The van der Waals surface area contributed by atoms with Crippen LogP contribution in [0.15, 0.2) is 59.1 Å². The number of carbonyl (C=O) groups is 2. The molecule has 0 saturated carbocycles. The van der Waals surface area contributed by atoms with Crippen LogP contribution >= 0.6 is 15.9 Å². The highest BCUT2D eigenvalue weighted by Gasteiger charge is 2.28. The molecule has 2 aromatic rings. The first-order valence-electron chi connectivity index (χ1n) is 7.77. The van der Waals surface area contributed by atoms with Gasteiger partial charge in [-0.15, -0.1) is 0 Å². The summed E-state index contributed by atoms with van der Waals surface area (Å²) < 4.78 is 1.01. The first kappa shape index (κ1) is 18.2. The van der Waals surface area contributed by atoms with Gasteiger partial charge in [0.1, 0.15) is 6.04 Å². The number of amides is 3. The van der Waals surface area contributed by atoms with Crippen molar-refractivity contribution in [3.63, 3.8) is 0 Å². The number of urea groups is 1. The fourth-order valence-corrected chi connectivity index (χ4v) is 2.90. The molecule has 0 aliphatic heterocycles. The molecule has 6 heteroatoms. The van der Waals surface area contributed by atoms with Crippen LogP contribution < -0.4 is 16.4 Å². The van der Waals surface area contributed by atoms with Crippen molar-refractivity contribution in [3.05, 3.63) is 70.2 Å². The third-order valence-corrected chi connectivity index (χ3v) is 4.38. The van der Waals surface area contributed by atoms with E-state index >= 15 is 0 Å². The van der Waals surface area contributed by atoms with Gasteiger partial charge in [0, 0.05) is 22.0 Å². The molecule has 2 rings (SSSR count). The molecule has 5 nitrogen and oxygen atoms in total. The lowest BCUT2D eigenvalue weighted by Gasteiger charge is -2.21. The minimum absolute atomic E-state index is 0.0851. The van der Waals surface area contributed by atoms with E-state index in [2.05, 4.69) is 28.2 Å². The van der Waals surface area contributed by atoms with Crippen molar-refractivity contribution >= 4 is 27.9 Å². The molecule has 0 spiro atoms. The average molecular weight is 391 g/mol. The summed E-state index contributed by atoms with van der Waals surface area (Å²) in [5, 5.41) is 4.16. The van der Waals surface area contributed by atoms with Crippen molar-refractivity contribution in [1.29, 1.82) is 0 Å². The van der Waals surface area contributed by atoms with Gasteiger partial charge >= 0.3 is 6.03 Å². The Labute approximate surface area is 149 Å². The maximum Gasteiger partial charge on any atom is 0.319 e. The van der Waals surface area contributed by atoms with E-state index in [1.807, 2.05) is 59.9 Å². The van der Waals surface area contributed by atoms with Gasteiger partial charge in [-0.3, -0.25) is 10.1 Å². The molecule has 0 unspecified atom stereocenters. The van der Waals surface area contributed by atoms with Crippen LogP contribution in [-0.4, -0.2) is 11.9 Å². The number of rotatable bonds is 6. The number of carbonyl (C=O) groups excluding carboxylic acids is 2. The highest BCUT2D eigenvalue weighted by atomic mass is 79.9. The van der Waals surface area contributed by atoms with Crippen molar-refractivity contribution in [2.75, 3.05) is 0 Å². The molecule has 2 aromatic carbocycles. The Balaban J connectivity index is 2.27. The van der Waals surface area contributed by atoms with E-state index in [0.29, 0.717) is 0 Å². The zero-order valence-corrected chi connectivity index (χ0v) is 15.0. The number of nitrogens with one attached hydrogen (secondary N) is 1. The molecule has 0 radical (unpaired) electrons. The van der Waals surface area contributed by atoms with E-state index in [1.54, 1.807) is 0 Å². The molecule has 0 aliphatic carbocycles. The molecule has 0 bridgehead atoms. The number of halogens is 1. The number of imide groups is 1. The second kappa shape index (κ2) is 8.61. The van der Waals surface area contributed by atoms with E-state index in [9.17, 15) is 9.59 Å². The van der Waals surface area contributed by atoms with Crippen molar-refractivity contribution in [3.8, 4) is 0 Å². The van der Waals surface area contributed by atoms with Crippen LogP contribution in [0, 0.1) is 0 Å². The Morgan fingerprint density at radius 2 is 1.71 bits per heavy atom. The Bertz CT molecular complexity index is 689. The molecule has 3 amide bonds. The summed E-state index contributed by atoms with van der Waals surface area (Å²) in [6.45, 7) is 2.07. The van der Waals surface area contributed by atoms with Crippen molar-refractivity contribution < 1.29 is 14.9 Å². The largest absolute Gasteiger partial charge is 0.351 e. The summed E-state index contributed by atoms with van der Waals surface area (Å²) in [6.07, 6.45) is 0.842. The van der Waals surface area contributed by atoms with Crippen LogP contribution in [0.2, 0.25) is 0 Å². The molecule has 0 saturated heterocycles. The zero-order chi connectivity index (χ0) is 17.5. The smallest absolute Gasteiger partial charge is 0.319 e. The first-order chi connectivity index (χ1) is 11.5. The Kier molecular flexibility index (Phi) is 6.52. The molecule has 0 aromatic heterocycles. The normalized spacial score (nSPS) is 13.1. The van der Waals surface area contributed by atoms with Gasteiger partial charge in [0.05, 0.1) is 0 Å². The van der Waals surface area contributed by atoms with Crippen LogP contribution in [0.5, 0.6) is 0 Å². The van der Waals surface area contributed by atoms with Gasteiger partial charge in [-0.05, 0) is 12.1 Å². The highest BCUT2D eigenvalue weighted by Crippen LogP contribution is 2.18. The van der Waals surface area contributed by atoms with Gasteiger partial charge in [0.2, 0.25) is 0 Å². The number of benzene rings is 2. The van der Waals surface area contributed by atoms with Gasteiger partial charge in [-0.1, -0.05) is 65.3 Å². The van der Waals surface area contributed by atoms with Crippen LogP contribution in [0.1, 0.15) is 36.6 Å². The maximum atomic E-state index is 12.4. The molecular weight excluding hydrogens is 370 g/mol. The predicted molar refractivity (Wildman–Crippen MR) is 96.0 cm³/mol. The highest BCUT2D eigenvalue weighted by molar-refractivity contribution is 9.10. The monoisotopic (exact) mass is 390 g/mol. The standard InChI is InChI=1S/C18H20BrN3O2/c1-2-15(12-8-10-14(19)11-9-12)21-16(17(23)22-18(20)24)13-6-4-3-5-7-13/h3-11,15-16,21H,2H2,1H3,(H3,20,22,23,24)/p+1/t15-,16-/m1/s1. The molecule has 0 heterocycles. The number of quaternary nitrogens is 1. The summed E-state index contributed by atoms with van der Waals surface area (Å²) >= 11 is 3.43. The lowest BCUT2D eigenvalue weighted by atomic mass is 10.00. The Morgan fingerprint density at radius 1 is 1.08 bits per heavy atom. The number of hydrogen-bond donors (Lipinski definition) is 3. The maximum absolute atomic E-state index is 12.4. The molecule has 5 N–H and O–H groups in total. The number of hydrogen-bond acceptors (Lipinski definition) is 2. The summed E-state index contributed by atoms with van der Waals surface area (Å²) in [5.41, 5.74) is 7.06. The van der Waals surface area contributed by atoms with Gasteiger partial charge in [-0.25, -0.2) is 4.79 Å². The van der Waals surface area contributed by atoms with E-state index in [0.717, 1.165) is 22.0 Å². The van der Waals surface area contributed by atoms with E-state index in [1.165, 1.54) is 0 Å². The van der Waals surface area contributed by atoms with Crippen molar-refractivity contribution in [2.24, 2.45) is 5.73 Å². The van der Waals surface area contributed by atoms with Gasteiger partial charge < -0.3 is 11.1 Å². The minimum atomic E-state index is -0.842. The Hall–Kier alpha value is -2.18. The molecule has 0 fully saturated rings. The average Bonchev–Trinajstić information content (AvgIpc) is 2.57. The fraction of sp³-hybridized carbons (Fsp3) is 0.222. The number of nitrogens with two attached hydrogens (primary N) is 2. The molecule has 24 heavy (non-hydrogen) atoms. The second-order valence-electron chi connectivity index (χ2n) is 5.50. The lowest BCUT2D eigenvalue weighted by Crippen LogP contribution is -2.88. The molecule has 126 valence electrons. The van der Waals surface area contributed by atoms with E-state index in [-0.39, 0.29) is 6.04 Å². The minimum Gasteiger partial charge on any atom is -0.351 e. The molecular formula is C18H21BrN3O2+. The topological polar surface area (TPSA) is 88.8 Å². The fourth-order valence-electron chi connectivity index (χ4n) is 2.63. The van der Waals surface area contributed by atoms with Crippen LogP contribution in [0.25, 0.3) is 0 Å².